The van der Waals surface area contributed by atoms with Crippen LogP contribution >= 0.6 is 12.4 Å². The molecule has 3 amide bonds. The second-order valence-corrected chi connectivity index (χ2v) is 9.54. The van der Waals surface area contributed by atoms with Gasteiger partial charge in [0.05, 0.1) is 17.8 Å². The molecule has 1 aromatic rings. The summed E-state index contributed by atoms with van der Waals surface area (Å²) in [7, 11) is 0. The standard InChI is InChI=1S/C25H38N4O4.ClH/c1-17(2)13-22(21(24(31)28-33)12-8-11-19-9-6-5-7-10-19)23(30)27-29(16-18(3)4)25(32)20-14-26-15-20;/h5-11,17-18,20-22,26,33H,12-16H2,1-4H3,(H,27,30)(H,28,31);1H/t21-,22+;/m0./s1. The van der Waals surface area contributed by atoms with E-state index in [4.69, 9.17) is 0 Å². The van der Waals surface area contributed by atoms with Gasteiger partial charge in [0.1, 0.15) is 0 Å². The SMILES string of the molecule is CC(C)C[C@@H](C(=O)NN(CC(C)C)C(=O)C1CNC1)[C@H](CC=Cc1ccccc1)C(=O)NO.Cl. The van der Waals surface area contributed by atoms with Crippen LogP contribution in [0.2, 0.25) is 0 Å². The highest BCUT2D eigenvalue weighted by molar-refractivity contribution is 5.89. The molecule has 1 heterocycles. The molecule has 1 aliphatic rings. The average Bonchev–Trinajstić information content (AvgIpc) is 2.73. The third-order valence-electron chi connectivity index (χ3n) is 5.68. The summed E-state index contributed by atoms with van der Waals surface area (Å²) in [4.78, 5) is 38.8. The van der Waals surface area contributed by atoms with Gasteiger partial charge in [0.25, 0.3) is 0 Å². The van der Waals surface area contributed by atoms with Gasteiger partial charge in [-0.25, -0.2) is 5.48 Å². The number of hydrazine groups is 1. The Morgan fingerprint density at radius 2 is 1.71 bits per heavy atom. The van der Waals surface area contributed by atoms with E-state index in [0.29, 0.717) is 26.1 Å². The summed E-state index contributed by atoms with van der Waals surface area (Å²) in [5.74, 6) is -2.46. The molecule has 1 aromatic carbocycles. The molecule has 0 aliphatic carbocycles. The van der Waals surface area contributed by atoms with Gasteiger partial charge >= 0.3 is 0 Å². The Labute approximate surface area is 208 Å². The van der Waals surface area contributed by atoms with Gasteiger partial charge in [0.2, 0.25) is 17.7 Å². The lowest BCUT2D eigenvalue weighted by Gasteiger charge is -2.35. The first-order valence-corrected chi connectivity index (χ1v) is 11.7. The lowest BCUT2D eigenvalue weighted by molar-refractivity contribution is -0.150. The summed E-state index contributed by atoms with van der Waals surface area (Å²) in [5.41, 5.74) is 5.51. The van der Waals surface area contributed by atoms with Gasteiger partial charge in [-0.15, -0.1) is 12.4 Å². The fourth-order valence-electron chi connectivity index (χ4n) is 3.87. The molecule has 1 aliphatic heterocycles. The molecule has 1 saturated heterocycles. The van der Waals surface area contributed by atoms with Gasteiger partial charge < -0.3 is 5.32 Å². The zero-order valence-corrected chi connectivity index (χ0v) is 21.3. The number of halogens is 1. The van der Waals surface area contributed by atoms with E-state index in [1.165, 1.54) is 5.01 Å². The van der Waals surface area contributed by atoms with E-state index in [1.807, 2.05) is 70.2 Å². The normalized spacial score (nSPS) is 15.4. The number of amides is 3. The van der Waals surface area contributed by atoms with Gasteiger partial charge in [0.15, 0.2) is 0 Å². The maximum atomic E-state index is 13.4. The number of carbonyl (C=O) groups excluding carboxylic acids is 3. The number of carbonyl (C=O) groups is 3. The summed E-state index contributed by atoms with van der Waals surface area (Å²) < 4.78 is 0. The van der Waals surface area contributed by atoms with E-state index in [1.54, 1.807) is 5.48 Å². The first-order valence-electron chi connectivity index (χ1n) is 11.7. The van der Waals surface area contributed by atoms with Crippen molar-refractivity contribution in [3.63, 3.8) is 0 Å². The average molecular weight is 495 g/mol. The van der Waals surface area contributed by atoms with Gasteiger partial charge in [-0.3, -0.25) is 30.0 Å². The molecular formula is C25H39ClN4O4. The third kappa shape index (κ3) is 9.08. The van der Waals surface area contributed by atoms with Crippen LogP contribution in [0.5, 0.6) is 0 Å². The van der Waals surface area contributed by atoms with Crippen molar-refractivity contribution < 1.29 is 19.6 Å². The molecule has 0 bridgehead atoms. The molecule has 190 valence electrons. The molecule has 0 saturated carbocycles. The molecule has 0 aromatic heterocycles. The van der Waals surface area contributed by atoms with Crippen LogP contribution in [-0.2, 0) is 14.4 Å². The molecule has 34 heavy (non-hydrogen) atoms. The number of hydroxylamine groups is 1. The number of benzene rings is 1. The summed E-state index contributed by atoms with van der Waals surface area (Å²) in [6.07, 6.45) is 4.45. The topological polar surface area (TPSA) is 111 Å². The van der Waals surface area contributed by atoms with Crippen LogP contribution in [0.25, 0.3) is 6.08 Å². The van der Waals surface area contributed by atoms with Gasteiger partial charge in [0, 0.05) is 19.6 Å². The van der Waals surface area contributed by atoms with Crippen molar-refractivity contribution in [1.82, 2.24) is 21.2 Å². The Morgan fingerprint density at radius 1 is 1.06 bits per heavy atom. The van der Waals surface area contributed by atoms with E-state index in [-0.39, 0.29) is 48.4 Å². The van der Waals surface area contributed by atoms with Gasteiger partial charge in [-0.2, -0.15) is 0 Å². The first kappa shape index (κ1) is 29.6. The van der Waals surface area contributed by atoms with Crippen molar-refractivity contribution in [1.29, 1.82) is 0 Å². The molecule has 0 radical (unpaired) electrons. The quantitative estimate of drug-likeness (QED) is 0.279. The maximum Gasteiger partial charge on any atom is 0.247 e. The van der Waals surface area contributed by atoms with E-state index in [9.17, 15) is 19.6 Å². The predicted octanol–water partition coefficient (Wildman–Crippen LogP) is 3.03. The minimum atomic E-state index is -0.779. The van der Waals surface area contributed by atoms with Crippen LogP contribution in [0.15, 0.2) is 36.4 Å². The molecule has 1 fully saturated rings. The molecule has 4 N–H and O–H groups in total. The lowest BCUT2D eigenvalue weighted by Crippen LogP contribution is -2.58. The van der Waals surface area contributed by atoms with Crippen molar-refractivity contribution in [2.75, 3.05) is 19.6 Å². The monoisotopic (exact) mass is 494 g/mol. The summed E-state index contributed by atoms with van der Waals surface area (Å²) in [6, 6.07) is 9.66. The summed E-state index contributed by atoms with van der Waals surface area (Å²) in [6.45, 7) is 9.49. The highest BCUT2D eigenvalue weighted by Gasteiger charge is 2.36. The highest BCUT2D eigenvalue weighted by Crippen LogP contribution is 2.26. The second kappa shape index (κ2) is 14.8. The van der Waals surface area contributed by atoms with Gasteiger partial charge in [-0.1, -0.05) is 70.2 Å². The van der Waals surface area contributed by atoms with Crippen LogP contribution in [-0.4, -0.2) is 47.6 Å². The van der Waals surface area contributed by atoms with Crippen LogP contribution in [0.3, 0.4) is 0 Å². The van der Waals surface area contributed by atoms with Crippen molar-refractivity contribution in [2.24, 2.45) is 29.6 Å². The maximum absolute atomic E-state index is 13.4. The molecule has 2 atom stereocenters. The van der Waals surface area contributed by atoms with Crippen LogP contribution < -0.4 is 16.2 Å². The van der Waals surface area contributed by atoms with Crippen molar-refractivity contribution >= 4 is 36.2 Å². The van der Waals surface area contributed by atoms with Crippen LogP contribution in [0, 0.1) is 29.6 Å². The molecular weight excluding hydrogens is 456 g/mol. The Morgan fingerprint density at radius 3 is 2.21 bits per heavy atom. The third-order valence-corrected chi connectivity index (χ3v) is 5.68. The number of nitrogens with one attached hydrogen (secondary N) is 3. The molecule has 9 heteroatoms. The number of hydrogen-bond acceptors (Lipinski definition) is 5. The zero-order chi connectivity index (χ0) is 24.4. The zero-order valence-electron chi connectivity index (χ0n) is 20.5. The first-order chi connectivity index (χ1) is 15.7. The van der Waals surface area contributed by atoms with Crippen molar-refractivity contribution in [3.05, 3.63) is 42.0 Å². The molecule has 2 rings (SSSR count). The minimum Gasteiger partial charge on any atom is -0.315 e. The minimum absolute atomic E-state index is 0. The fourth-order valence-corrected chi connectivity index (χ4v) is 3.87. The lowest BCUT2D eigenvalue weighted by atomic mass is 9.82. The Balaban J connectivity index is 0.00000578. The van der Waals surface area contributed by atoms with E-state index in [0.717, 1.165) is 5.56 Å². The van der Waals surface area contributed by atoms with E-state index >= 15 is 0 Å². The Kier molecular flexibility index (Phi) is 12.9. The van der Waals surface area contributed by atoms with E-state index < -0.39 is 17.7 Å². The fraction of sp³-hybridized carbons (Fsp3) is 0.560. The van der Waals surface area contributed by atoms with Crippen molar-refractivity contribution in [3.8, 4) is 0 Å². The number of hydrogen-bond donors (Lipinski definition) is 4. The molecule has 8 nitrogen and oxygen atoms in total. The largest absolute Gasteiger partial charge is 0.315 e. The Bertz CT molecular complexity index is 812. The van der Waals surface area contributed by atoms with Gasteiger partial charge in [-0.05, 0) is 30.2 Å². The predicted molar refractivity (Wildman–Crippen MR) is 135 cm³/mol. The second-order valence-electron chi connectivity index (χ2n) is 9.54. The summed E-state index contributed by atoms with van der Waals surface area (Å²) >= 11 is 0. The highest BCUT2D eigenvalue weighted by atomic mass is 35.5. The van der Waals surface area contributed by atoms with Crippen molar-refractivity contribution in [2.45, 2.75) is 40.5 Å². The van der Waals surface area contributed by atoms with E-state index in [2.05, 4.69) is 10.7 Å². The number of rotatable bonds is 11. The smallest absolute Gasteiger partial charge is 0.247 e. The Hall–Kier alpha value is -2.42. The molecule has 0 spiro atoms. The number of nitrogens with zero attached hydrogens (tertiary/aromatic N) is 1. The number of allylic oxidation sites excluding steroid dienone is 1. The summed E-state index contributed by atoms with van der Waals surface area (Å²) in [5, 5.41) is 13.8. The van der Waals surface area contributed by atoms with Crippen LogP contribution in [0.4, 0.5) is 0 Å². The molecule has 0 unspecified atom stereocenters. The van der Waals surface area contributed by atoms with Crippen LogP contribution in [0.1, 0.15) is 46.1 Å².